The van der Waals surface area contributed by atoms with Gasteiger partial charge in [0.25, 0.3) is 5.91 Å². The molecule has 1 aliphatic rings. The fourth-order valence-corrected chi connectivity index (χ4v) is 4.24. The SMILES string of the molecule is COCCC1(NS(C)(=O)=O)CCN(C(=O)c2cc(OC)cc(OC)c2)C1. The average molecular weight is 386 g/mol. The number of methoxy groups -OCH3 is 3. The van der Waals surface area contributed by atoms with Crippen molar-refractivity contribution in [3.8, 4) is 11.5 Å². The largest absolute Gasteiger partial charge is 0.497 e. The normalized spacial score (nSPS) is 20.2. The Morgan fingerprint density at radius 3 is 2.31 bits per heavy atom. The minimum atomic E-state index is -3.42. The van der Waals surface area contributed by atoms with Crippen LogP contribution >= 0.6 is 0 Å². The molecule has 1 amide bonds. The Kier molecular flexibility index (Phi) is 6.48. The molecule has 1 heterocycles. The summed E-state index contributed by atoms with van der Waals surface area (Å²) in [6.07, 6.45) is 2.14. The van der Waals surface area contributed by atoms with Gasteiger partial charge in [-0.05, 0) is 25.0 Å². The van der Waals surface area contributed by atoms with Crippen molar-refractivity contribution in [3.63, 3.8) is 0 Å². The van der Waals surface area contributed by atoms with Crippen LogP contribution in [0.2, 0.25) is 0 Å². The molecule has 2 rings (SSSR count). The number of carbonyl (C=O) groups excluding carboxylic acids is 1. The van der Waals surface area contributed by atoms with Gasteiger partial charge in [-0.2, -0.15) is 0 Å². The highest BCUT2D eigenvalue weighted by atomic mass is 32.2. The molecule has 0 bridgehead atoms. The maximum atomic E-state index is 12.9. The Morgan fingerprint density at radius 2 is 1.81 bits per heavy atom. The summed E-state index contributed by atoms with van der Waals surface area (Å²) in [4.78, 5) is 14.6. The van der Waals surface area contributed by atoms with E-state index in [1.54, 1.807) is 30.2 Å². The molecule has 1 aromatic rings. The quantitative estimate of drug-likeness (QED) is 0.713. The molecular formula is C17H26N2O6S. The highest BCUT2D eigenvalue weighted by molar-refractivity contribution is 7.88. The number of nitrogens with one attached hydrogen (secondary N) is 1. The van der Waals surface area contributed by atoms with Gasteiger partial charge >= 0.3 is 0 Å². The van der Waals surface area contributed by atoms with Crippen molar-refractivity contribution in [2.24, 2.45) is 0 Å². The number of ether oxygens (including phenoxy) is 3. The van der Waals surface area contributed by atoms with Crippen molar-refractivity contribution >= 4 is 15.9 Å². The number of hydrogen-bond donors (Lipinski definition) is 1. The molecule has 0 saturated carbocycles. The summed E-state index contributed by atoms with van der Waals surface area (Å²) in [7, 11) is 1.19. The van der Waals surface area contributed by atoms with Crippen molar-refractivity contribution < 1.29 is 27.4 Å². The van der Waals surface area contributed by atoms with E-state index >= 15 is 0 Å². The topological polar surface area (TPSA) is 94.2 Å². The standard InChI is InChI=1S/C17H26N2O6S/c1-23-8-6-17(18-26(4,21)22)5-7-19(12-17)16(20)13-9-14(24-2)11-15(10-13)25-3/h9-11,18H,5-8,12H2,1-4H3. The van der Waals surface area contributed by atoms with E-state index in [9.17, 15) is 13.2 Å². The summed E-state index contributed by atoms with van der Waals surface area (Å²) in [6, 6.07) is 4.98. The number of rotatable bonds is 8. The molecule has 0 aliphatic carbocycles. The second-order valence-electron chi connectivity index (χ2n) is 6.48. The van der Waals surface area contributed by atoms with Crippen molar-refractivity contribution in [1.29, 1.82) is 0 Å². The van der Waals surface area contributed by atoms with Gasteiger partial charge < -0.3 is 19.1 Å². The predicted molar refractivity (Wildman–Crippen MR) is 97.3 cm³/mol. The summed E-state index contributed by atoms with van der Waals surface area (Å²) < 4.78 is 41.8. The van der Waals surface area contributed by atoms with Crippen LogP contribution in [-0.2, 0) is 14.8 Å². The second-order valence-corrected chi connectivity index (χ2v) is 8.22. The van der Waals surface area contributed by atoms with Gasteiger partial charge in [0.2, 0.25) is 10.0 Å². The first kappa shape index (κ1) is 20.5. The molecule has 9 heteroatoms. The zero-order chi connectivity index (χ0) is 19.4. The molecule has 8 nitrogen and oxygen atoms in total. The predicted octanol–water partition coefficient (Wildman–Crippen LogP) is 0.874. The van der Waals surface area contributed by atoms with Gasteiger partial charge in [0, 0.05) is 38.4 Å². The van der Waals surface area contributed by atoms with Gasteiger partial charge in [-0.25, -0.2) is 13.1 Å². The molecular weight excluding hydrogens is 360 g/mol. The number of sulfonamides is 1. The molecule has 1 atom stereocenters. The first-order chi connectivity index (χ1) is 12.2. The smallest absolute Gasteiger partial charge is 0.254 e. The Morgan fingerprint density at radius 1 is 1.19 bits per heavy atom. The lowest BCUT2D eigenvalue weighted by atomic mass is 9.96. The highest BCUT2D eigenvalue weighted by Gasteiger charge is 2.42. The van der Waals surface area contributed by atoms with E-state index in [4.69, 9.17) is 14.2 Å². The lowest BCUT2D eigenvalue weighted by Crippen LogP contribution is -2.51. The van der Waals surface area contributed by atoms with E-state index in [-0.39, 0.29) is 12.5 Å². The number of amides is 1. The van der Waals surface area contributed by atoms with Crippen molar-refractivity contribution in [3.05, 3.63) is 23.8 Å². The first-order valence-electron chi connectivity index (χ1n) is 8.22. The van der Waals surface area contributed by atoms with Gasteiger partial charge in [-0.15, -0.1) is 0 Å². The summed E-state index contributed by atoms with van der Waals surface area (Å²) in [5, 5.41) is 0. The maximum absolute atomic E-state index is 12.9. The van der Waals surface area contributed by atoms with Crippen LogP contribution in [0.15, 0.2) is 18.2 Å². The van der Waals surface area contributed by atoms with Gasteiger partial charge in [-0.1, -0.05) is 0 Å². The number of nitrogens with zero attached hydrogens (tertiary/aromatic N) is 1. The third kappa shape index (κ3) is 5.09. The van der Waals surface area contributed by atoms with Gasteiger partial charge in [0.1, 0.15) is 11.5 Å². The fraction of sp³-hybridized carbons (Fsp3) is 0.588. The molecule has 1 unspecified atom stereocenters. The Hall–Kier alpha value is -1.84. The zero-order valence-corrected chi connectivity index (χ0v) is 16.4. The Bertz CT molecular complexity index is 729. The lowest BCUT2D eigenvalue weighted by molar-refractivity contribution is 0.0774. The highest BCUT2D eigenvalue weighted by Crippen LogP contribution is 2.29. The molecule has 0 radical (unpaired) electrons. The fourth-order valence-electron chi connectivity index (χ4n) is 3.19. The number of carbonyl (C=O) groups is 1. The third-order valence-electron chi connectivity index (χ3n) is 4.43. The third-order valence-corrected chi connectivity index (χ3v) is 5.23. The number of benzene rings is 1. The van der Waals surface area contributed by atoms with Crippen LogP contribution in [0.25, 0.3) is 0 Å². The summed E-state index contributed by atoms with van der Waals surface area (Å²) in [5.41, 5.74) is -0.287. The molecule has 1 N–H and O–H groups in total. The molecule has 1 saturated heterocycles. The molecule has 26 heavy (non-hydrogen) atoms. The molecule has 1 aromatic carbocycles. The van der Waals surface area contributed by atoms with E-state index in [1.165, 1.54) is 14.2 Å². The van der Waals surface area contributed by atoms with Crippen LogP contribution < -0.4 is 14.2 Å². The minimum absolute atomic E-state index is 0.197. The summed E-state index contributed by atoms with van der Waals surface area (Å²) in [5.74, 6) is 0.843. The van der Waals surface area contributed by atoms with Crippen LogP contribution in [0, 0.1) is 0 Å². The summed E-state index contributed by atoms with van der Waals surface area (Å²) >= 11 is 0. The van der Waals surface area contributed by atoms with Crippen LogP contribution in [-0.4, -0.2) is 72.0 Å². The first-order valence-corrected chi connectivity index (χ1v) is 10.1. The molecule has 0 aromatic heterocycles. The van der Waals surface area contributed by atoms with Crippen LogP contribution in [0.5, 0.6) is 11.5 Å². The molecule has 146 valence electrons. The minimum Gasteiger partial charge on any atom is -0.497 e. The average Bonchev–Trinajstić information content (AvgIpc) is 3.01. The molecule has 0 spiro atoms. The van der Waals surface area contributed by atoms with Crippen molar-refractivity contribution in [1.82, 2.24) is 9.62 Å². The van der Waals surface area contributed by atoms with E-state index in [1.807, 2.05) is 0 Å². The monoisotopic (exact) mass is 386 g/mol. The van der Waals surface area contributed by atoms with Gasteiger partial charge in [0.15, 0.2) is 0 Å². The van der Waals surface area contributed by atoms with Gasteiger partial charge in [0.05, 0.1) is 26.0 Å². The lowest BCUT2D eigenvalue weighted by Gasteiger charge is -2.29. The van der Waals surface area contributed by atoms with E-state index < -0.39 is 15.6 Å². The van der Waals surface area contributed by atoms with Gasteiger partial charge in [-0.3, -0.25) is 4.79 Å². The van der Waals surface area contributed by atoms with Crippen molar-refractivity contribution in [2.75, 3.05) is 47.3 Å². The van der Waals surface area contributed by atoms with Crippen LogP contribution in [0.4, 0.5) is 0 Å². The van der Waals surface area contributed by atoms with Crippen LogP contribution in [0.1, 0.15) is 23.2 Å². The van der Waals surface area contributed by atoms with Crippen molar-refractivity contribution in [2.45, 2.75) is 18.4 Å². The van der Waals surface area contributed by atoms with E-state index in [0.29, 0.717) is 43.1 Å². The number of hydrogen-bond acceptors (Lipinski definition) is 6. The second kappa shape index (κ2) is 8.24. The number of likely N-dealkylation sites (tertiary alicyclic amines) is 1. The Labute approximate surface area is 154 Å². The van der Waals surface area contributed by atoms with E-state index in [2.05, 4.69) is 4.72 Å². The summed E-state index contributed by atoms with van der Waals surface area (Å²) in [6.45, 7) is 1.13. The molecule has 1 aliphatic heterocycles. The maximum Gasteiger partial charge on any atom is 0.254 e. The zero-order valence-electron chi connectivity index (χ0n) is 15.6. The van der Waals surface area contributed by atoms with E-state index in [0.717, 1.165) is 6.26 Å². The van der Waals surface area contributed by atoms with Crippen LogP contribution in [0.3, 0.4) is 0 Å². The Balaban J connectivity index is 2.23. The molecule has 1 fully saturated rings.